The number of carboxylic acids is 1. The van der Waals surface area contributed by atoms with Gasteiger partial charge in [0.2, 0.25) is 11.7 Å². The minimum Gasteiger partial charge on any atom is -0.480 e. The normalized spacial score (nSPS) is 11.9. The molecule has 21 heavy (non-hydrogen) atoms. The van der Waals surface area contributed by atoms with Crippen LogP contribution in [0.25, 0.3) is 11.4 Å². The van der Waals surface area contributed by atoms with Crippen molar-refractivity contribution >= 4 is 23.2 Å². The highest BCUT2D eigenvalue weighted by atomic mass is 32.1. The van der Waals surface area contributed by atoms with E-state index in [1.807, 2.05) is 37.3 Å². The lowest BCUT2D eigenvalue weighted by molar-refractivity contribution is -0.135. The number of carboxylic acid groups (broad SMARTS) is 1. The van der Waals surface area contributed by atoms with E-state index in [1.54, 1.807) is 0 Å². The largest absolute Gasteiger partial charge is 0.480 e. The minimum atomic E-state index is -0.950. The van der Waals surface area contributed by atoms with Crippen molar-refractivity contribution in [1.82, 2.24) is 15.5 Å². The van der Waals surface area contributed by atoms with Gasteiger partial charge in [-0.3, -0.25) is 4.79 Å². The molecule has 0 aliphatic heterocycles. The van der Waals surface area contributed by atoms with Gasteiger partial charge in [0.1, 0.15) is 6.54 Å². The fourth-order valence-corrected chi connectivity index (χ4v) is 1.89. The Morgan fingerprint density at radius 1 is 1.43 bits per heavy atom. The summed E-state index contributed by atoms with van der Waals surface area (Å²) in [5, 5.41) is 15.2. The van der Waals surface area contributed by atoms with Gasteiger partial charge in [-0.1, -0.05) is 54.6 Å². The molecule has 1 aromatic carbocycles. The smallest absolute Gasteiger partial charge is 0.322 e. The van der Waals surface area contributed by atoms with E-state index in [4.69, 9.17) is 21.8 Å². The van der Waals surface area contributed by atoms with Crippen LogP contribution >= 0.6 is 12.2 Å². The summed E-state index contributed by atoms with van der Waals surface area (Å²) in [5.74, 6) is -0.0276. The lowest BCUT2D eigenvalue weighted by Gasteiger charge is -2.11. The summed E-state index contributed by atoms with van der Waals surface area (Å²) in [5.41, 5.74) is 0.881. The summed E-state index contributed by atoms with van der Waals surface area (Å²) in [4.78, 5) is 15.3. The maximum absolute atomic E-state index is 10.5. The van der Waals surface area contributed by atoms with Crippen LogP contribution in [0.3, 0.4) is 0 Å². The van der Waals surface area contributed by atoms with Gasteiger partial charge in [0.25, 0.3) is 0 Å². The number of nitrogens with one attached hydrogen (secondary N) is 1. The van der Waals surface area contributed by atoms with Gasteiger partial charge >= 0.3 is 5.97 Å². The van der Waals surface area contributed by atoms with Crippen molar-refractivity contribution in [3.8, 4) is 11.4 Å². The Bertz CT molecular complexity index is 627. The molecule has 1 atom stereocenters. The number of nitrogens with zero attached hydrogens (tertiary/aromatic N) is 2. The van der Waals surface area contributed by atoms with Crippen molar-refractivity contribution in [3.63, 3.8) is 0 Å². The van der Waals surface area contributed by atoms with Crippen LogP contribution in [0.1, 0.15) is 12.8 Å². The molecule has 1 aromatic heterocycles. The predicted octanol–water partition coefficient (Wildman–Crippen LogP) is 1.92. The second-order valence-corrected chi connectivity index (χ2v) is 5.03. The molecule has 2 rings (SSSR count). The van der Waals surface area contributed by atoms with Crippen LogP contribution in [0.15, 0.2) is 34.9 Å². The predicted molar refractivity (Wildman–Crippen MR) is 80.8 cm³/mol. The highest BCUT2D eigenvalue weighted by molar-refractivity contribution is 7.80. The molecule has 2 aromatic rings. The molecule has 0 spiro atoms. The first-order valence-electron chi connectivity index (χ1n) is 6.43. The number of rotatable bonds is 6. The van der Waals surface area contributed by atoms with E-state index in [2.05, 4.69) is 15.5 Å². The topological polar surface area (TPSA) is 88.3 Å². The van der Waals surface area contributed by atoms with E-state index >= 15 is 0 Å². The first-order chi connectivity index (χ1) is 10.1. The molecular weight excluding hydrogens is 290 g/mol. The highest BCUT2D eigenvalue weighted by Crippen LogP contribution is 2.16. The van der Waals surface area contributed by atoms with E-state index in [0.29, 0.717) is 23.1 Å². The molecule has 0 bridgehead atoms. The summed E-state index contributed by atoms with van der Waals surface area (Å²) < 4.78 is 5.20. The summed E-state index contributed by atoms with van der Waals surface area (Å²) >= 11 is 5.13. The van der Waals surface area contributed by atoms with Gasteiger partial charge in [-0.15, -0.1) is 0 Å². The molecule has 0 unspecified atom stereocenters. The molecule has 0 aliphatic rings. The van der Waals surface area contributed by atoms with Gasteiger partial charge in [-0.05, 0) is 0 Å². The fourth-order valence-electron chi connectivity index (χ4n) is 1.73. The quantitative estimate of drug-likeness (QED) is 0.788. The summed E-state index contributed by atoms with van der Waals surface area (Å²) in [6, 6.07) is 9.52. The number of benzene rings is 1. The van der Waals surface area contributed by atoms with Gasteiger partial charge < -0.3 is 14.9 Å². The molecule has 0 saturated heterocycles. The van der Waals surface area contributed by atoms with E-state index in [0.717, 1.165) is 5.56 Å². The molecule has 0 amide bonds. The Hall–Kier alpha value is -2.28. The average molecular weight is 305 g/mol. The first kappa shape index (κ1) is 15.1. The number of carbonyl (C=O) groups is 1. The molecule has 2 N–H and O–H groups in total. The van der Waals surface area contributed by atoms with Crippen molar-refractivity contribution in [2.24, 2.45) is 5.92 Å². The van der Waals surface area contributed by atoms with Crippen LogP contribution in [-0.4, -0.2) is 32.7 Å². The molecule has 7 heteroatoms. The standard InChI is InChI=1S/C14H15N3O3S/c1-9(14(21)15-8-12(18)19)7-11-16-13(17-20-11)10-5-3-2-4-6-10/h2-6,9H,7-8H2,1H3,(H,15,21)(H,18,19)/t9-/m0/s1. The maximum Gasteiger partial charge on any atom is 0.322 e. The van der Waals surface area contributed by atoms with Crippen LogP contribution in [0.2, 0.25) is 0 Å². The zero-order chi connectivity index (χ0) is 15.2. The molecule has 0 radical (unpaired) electrons. The molecule has 110 valence electrons. The third-order valence-corrected chi connectivity index (χ3v) is 3.39. The third-order valence-electron chi connectivity index (χ3n) is 2.84. The lowest BCUT2D eigenvalue weighted by atomic mass is 10.1. The zero-order valence-electron chi connectivity index (χ0n) is 11.4. The number of aliphatic carboxylic acids is 1. The van der Waals surface area contributed by atoms with Gasteiger partial charge in [0.05, 0.1) is 4.99 Å². The van der Waals surface area contributed by atoms with Crippen LogP contribution in [-0.2, 0) is 11.2 Å². The Balaban J connectivity index is 1.96. The van der Waals surface area contributed by atoms with Crippen LogP contribution < -0.4 is 5.32 Å². The summed E-state index contributed by atoms with van der Waals surface area (Å²) in [6.07, 6.45) is 0.464. The molecule has 0 aliphatic carbocycles. The molecule has 6 nitrogen and oxygen atoms in total. The summed E-state index contributed by atoms with van der Waals surface area (Å²) in [6.45, 7) is 1.69. The monoisotopic (exact) mass is 305 g/mol. The van der Waals surface area contributed by atoms with Crippen molar-refractivity contribution in [3.05, 3.63) is 36.2 Å². The molecular formula is C14H15N3O3S. The van der Waals surface area contributed by atoms with E-state index in [-0.39, 0.29) is 12.5 Å². The molecule has 1 heterocycles. The SMILES string of the molecule is C[C@@H](Cc1nc(-c2ccccc2)no1)C(=S)NCC(=O)O. The zero-order valence-corrected chi connectivity index (χ0v) is 12.3. The Morgan fingerprint density at radius 2 is 2.14 bits per heavy atom. The van der Waals surface area contributed by atoms with Gasteiger partial charge in [-0.25, -0.2) is 0 Å². The maximum atomic E-state index is 10.5. The Kier molecular flexibility index (Phi) is 4.99. The van der Waals surface area contributed by atoms with Crippen LogP contribution in [0, 0.1) is 5.92 Å². The van der Waals surface area contributed by atoms with Crippen LogP contribution in [0.5, 0.6) is 0 Å². The van der Waals surface area contributed by atoms with E-state index < -0.39 is 5.97 Å². The van der Waals surface area contributed by atoms with Crippen molar-refractivity contribution < 1.29 is 14.4 Å². The fraction of sp³-hybridized carbons (Fsp3) is 0.286. The van der Waals surface area contributed by atoms with Crippen molar-refractivity contribution in [2.45, 2.75) is 13.3 Å². The number of thiocarbonyl (C=S) groups is 1. The average Bonchev–Trinajstić information content (AvgIpc) is 2.94. The van der Waals surface area contributed by atoms with E-state index in [9.17, 15) is 4.79 Å². The van der Waals surface area contributed by atoms with Crippen LogP contribution in [0.4, 0.5) is 0 Å². The van der Waals surface area contributed by atoms with Gasteiger partial charge in [-0.2, -0.15) is 4.98 Å². The lowest BCUT2D eigenvalue weighted by Crippen LogP contribution is -2.32. The Labute approximate surface area is 127 Å². The van der Waals surface area contributed by atoms with Crippen molar-refractivity contribution in [2.75, 3.05) is 6.54 Å². The third kappa shape index (κ3) is 4.35. The van der Waals surface area contributed by atoms with Gasteiger partial charge in [0, 0.05) is 17.9 Å². The van der Waals surface area contributed by atoms with Crippen molar-refractivity contribution in [1.29, 1.82) is 0 Å². The number of aromatic nitrogens is 2. The number of hydrogen-bond donors (Lipinski definition) is 2. The second kappa shape index (κ2) is 6.94. The summed E-state index contributed by atoms with van der Waals surface area (Å²) in [7, 11) is 0. The Morgan fingerprint density at radius 3 is 2.81 bits per heavy atom. The van der Waals surface area contributed by atoms with Gasteiger partial charge in [0.15, 0.2) is 0 Å². The number of hydrogen-bond acceptors (Lipinski definition) is 5. The molecule has 0 saturated carbocycles. The highest BCUT2D eigenvalue weighted by Gasteiger charge is 2.15. The first-order valence-corrected chi connectivity index (χ1v) is 6.84. The minimum absolute atomic E-state index is 0.0802. The molecule has 0 fully saturated rings. The van der Waals surface area contributed by atoms with E-state index in [1.165, 1.54) is 0 Å². The second-order valence-electron chi connectivity index (χ2n) is 4.59.